The second-order valence-corrected chi connectivity index (χ2v) is 17.2. The first-order valence-electron chi connectivity index (χ1n) is 15.7. The number of ether oxygens (including phenoxy) is 1. The number of aliphatic imine (C=N–C) groups is 1. The van der Waals surface area contributed by atoms with Crippen LogP contribution in [0.15, 0.2) is 78.2 Å². The van der Waals surface area contributed by atoms with Gasteiger partial charge in [0, 0.05) is 26.7 Å². The summed E-state index contributed by atoms with van der Waals surface area (Å²) in [6.45, 7) is 6.12. The van der Waals surface area contributed by atoms with Gasteiger partial charge in [0.1, 0.15) is 24.3 Å². The number of benzene rings is 2. The van der Waals surface area contributed by atoms with Crippen molar-refractivity contribution in [1.29, 1.82) is 0 Å². The predicted molar refractivity (Wildman–Crippen MR) is 183 cm³/mol. The van der Waals surface area contributed by atoms with Crippen LogP contribution in [0.25, 0.3) is 11.0 Å². The Kier molecular flexibility index (Phi) is 10.6. The molecule has 0 unspecified atom stereocenters. The second-order valence-electron chi connectivity index (χ2n) is 12.9. The number of rotatable bonds is 9. The number of carbonyl (C=O) groups excluding carboxylic acids is 1. The summed E-state index contributed by atoms with van der Waals surface area (Å²) in [6, 6.07) is 20.4. The Balaban J connectivity index is 1.46. The van der Waals surface area contributed by atoms with Gasteiger partial charge in [0.15, 0.2) is 5.82 Å². The summed E-state index contributed by atoms with van der Waals surface area (Å²) >= 11 is 0. The van der Waals surface area contributed by atoms with E-state index in [1.165, 1.54) is 6.33 Å². The molecular formula is C35H39F3N6O4Si. The SMILES string of the molecule is CN(C)C=Nc1ncnc2c1c(C#CCNC(=O)C(F)(F)F)cn2[C@H]1C[C@H](O)[C@@H](CO[Si](c2ccccc2)(c2ccccc2)C(C)(C)C)O1. The van der Waals surface area contributed by atoms with Crippen LogP contribution in [0.2, 0.25) is 5.04 Å². The van der Waals surface area contributed by atoms with E-state index < -0.39 is 45.4 Å². The number of aliphatic hydroxyl groups excluding tert-OH is 1. The molecule has 14 heteroatoms. The van der Waals surface area contributed by atoms with Crippen LogP contribution < -0.4 is 15.7 Å². The number of carbonyl (C=O) groups is 1. The van der Waals surface area contributed by atoms with E-state index in [1.54, 1.807) is 41.4 Å². The number of nitrogens with one attached hydrogen (secondary N) is 1. The number of halogens is 3. The zero-order valence-electron chi connectivity index (χ0n) is 27.9. The first kappa shape index (κ1) is 35.7. The molecule has 0 aliphatic carbocycles. The maximum atomic E-state index is 12.7. The number of hydrogen-bond acceptors (Lipinski definition) is 7. The molecule has 1 aliphatic heterocycles. The molecule has 49 heavy (non-hydrogen) atoms. The van der Waals surface area contributed by atoms with E-state index in [1.807, 2.05) is 36.4 Å². The summed E-state index contributed by atoms with van der Waals surface area (Å²) in [5.74, 6) is 3.61. The van der Waals surface area contributed by atoms with Crippen LogP contribution >= 0.6 is 0 Å². The molecule has 1 amide bonds. The van der Waals surface area contributed by atoms with E-state index in [0.717, 1.165) is 10.4 Å². The third-order valence-corrected chi connectivity index (χ3v) is 13.2. The van der Waals surface area contributed by atoms with Gasteiger partial charge in [-0.15, -0.1) is 0 Å². The molecule has 4 aromatic rings. The van der Waals surface area contributed by atoms with Gasteiger partial charge in [0.05, 0.1) is 36.5 Å². The van der Waals surface area contributed by atoms with Crippen molar-refractivity contribution in [3.8, 4) is 11.8 Å². The summed E-state index contributed by atoms with van der Waals surface area (Å²) in [4.78, 5) is 26.2. The molecule has 2 N–H and O–H groups in total. The Morgan fingerprint density at radius 1 is 1.12 bits per heavy atom. The molecule has 0 bridgehead atoms. The third-order valence-electron chi connectivity index (χ3n) is 8.21. The second kappa shape index (κ2) is 14.5. The lowest BCUT2D eigenvalue weighted by Gasteiger charge is -2.43. The fourth-order valence-electron chi connectivity index (χ4n) is 6.02. The lowest BCUT2D eigenvalue weighted by Crippen LogP contribution is -2.67. The van der Waals surface area contributed by atoms with Crippen LogP contribution in [0.4, 0.5) is 19.0 Å². The Hall–Kier alpha value is -4.55. The summed E-state index contributed by atoms with van der Waals surface area (Å²) in [6.07, 6.45) is -2.48. The highest BCUT2D eigenvalue weighted by Crippen LogP contribution is 2.39. The van der Waals surface area contributed by atoms with Crippen LogP contribution in [0, 0.1) is 11.8 Å². The summed E-state index contributed by atoms with van der Waals surface area (Å²) in [7, 11) is 0.674. The normalized spacial score (nSPS) is 18.4. The smallest absolute Gasteiger partial charge is 0.405 e. The van der Waals surface area contributed by atoms with Crippen molar-refractivity contribution in [2.45, 2.75) is 56.8 Å². The van der Waals surface area contributed by atoms with Crippen LogP contribution in [-0.4, -0.2) is 90.7 Å². The van der Waals surface area contributed by atoms with Crippen molar-refractivity contribution in [2.24, 2.45) is 4.99 Å². The molecular weight excluding hydrogens is 654 g/mol. The summed E-state index contributed by atoms with van der Waals surface area (Å²) in [5, 5.41) is 15.4. The molecule has 258 valence electrons. The number of alkyl halides is 3. The fourth-order valence-corrected chi connectivity index (χ4v) is 10.6. The average molecular weight is 693 g/mol. The zero-order valence-corrected chi connectivity index (χ0v) is 28.9. The summed E-state index contributed by atoms with van der Waals surface area (Å²) < 4.78 is 53.2. The molecule has 2 aromatic carbocycles. The standard InChI is InChI=1S/C35H39F3N6O4Si/c1-34(2,3)49(25-14-8-6-9-15-25,26-16-10-7-11-17-26)47-21-28-27(45)19-29(48-28)44-20-24(13-12-18-39-33(46)35(36,37)38)30-31(42-23-43(4)5)40-22-41-32(30)44/h6-11,14-17,20,22-23,27-29,45H,18-19,21H2,1-5H3,(H,39,46)/t27-,28+,29+/m0/s1. The first-order chi connectivity index (χ1) is 23.2. The average Bonchev–Trinajstić information content (AvgIpc) is 3.62. The molecule has 0 saturated carbocycles. The number of aliphatic hydroxyl groups is 1. The molecule has 0 radical (unpaired) electrons. The topological polar surface area (TPSA) is 114 Å². The van der Waals surface area contributed by atoms with Crippen LogP contribution in [0.3, 0.4) is 0 Å². The number of hydrogen-bond donors (Lipinski definition) is 2. The molecule has 1 aliphatic rings. The lowest BCUT2D eigenvalue weighted by atomic mass is 10.2. The Morgan fingerprint density at radius 3 is 2.33 bits per heavy atom. The number of amides is 1. The van der Waals surface area contributed by atoms with Crippen molar-refractivity contribution < 1.29 is 32.2 Å². The minimum atomic E-state index is -5.02. The number of fused-ring (bicyclic) bond motifs is 1. The Bertz CT molecular complexity index is 1810. The van der Waals surface area contributed by atoms with Gasteiger partial charge in [-0.1, -0.05) is 93.3 Å². The fraction of sp³-hybridized carbons (Fsp3) is 0.371. The molecule has 2 aromatic heterocycles. The van der Waals surface area contributed by atoms with E-state index in [2.05, 4.69) is 71.8 Å². The number of aromatic nitrogens is 3. The Morgan fingerprint density at radius 2 is 1.76 bits per heavy atom. The van der Waals surface area contributed by atoms with Crippen molar-refractivity contribution in [3.05, 3.63) is 78.8 Å². The van der Waals surface area contributed by atoms with Gasteiger partial charge in [-0.25, -0.2) is 15.0 Å². The monoisotopic (exact) mass is 692 g/mol. The van der Waals surface area contributed by atoms with E-state index in [4.69, 9.17) is 9.16 Å². The zero-order chi connectivity index (χ0) is 35.4. The third kappa shape index (κ3) is 7.70. The first-order valence-corrected chi connectivity index (χ1v) is 17.6. The minimum Gasteiger partial charge on any atom is -0.405 e. The van der Waals surface area contributed by atoms with Gasteiger partial charge in [-0.2, -0.15) is 13.2 Å². The van der Waals surface area contributed by atoms with Gasteiger partial charge in [0.25, 0.3) is 8.32 Å². The maximum absolute atomic E-state index is 12.7. The number of nitrogens with zero attached hydrogens (tertiary/aromatic N) is 5. The van der Waals surface area contributed by atoms with Crippen molar-refractivity contribution >= 4 is 47.8 Å². The lowest BCUT2D eigenvalue weighted by molar-refractivity contribution is -0.173. The molecule has 10 nitrogen and oxygen atoms in total. The highest BCUT2D eigenvalue weighted by atomic mass is 28.4. The van der Waals surface area contributed by atoms with Crippen LogP contribution in [0.5, 0.6) is 0 Å². The minimum absolute atomic E-state index is 0.128. The highest BCUT2D eigenvalue weighted by molar-refractivity contribution is 6.99. The highest BCUT2D eigenvalue weighted by Gasteiger charge is 2.51. The quantitative estimate of drug-likeness (QED) is 0.118. The van der Waals surface area contributed by atoms with E-state index in [-0.39, 0.29) is 23.9 Å². The molecule has 0 spiro atoms. The molecule has 1 saturated heterocycles. The van der Waals surface area contributed by atoms with Crippen molar-refractivity contribution in [3.63, 3.8) is 0 Å². The van der Waals surface area contributed by atoms with Gasteiger partial charge < -0.3 is 29.1 Å². The van der Waals surface area contributed by atoms with Gasteiger partial charge in [0.2, 0.25) is 0 Å². The van der Waals surface area contributed by atoms with Crippen molar-refractivity contribution in [2.75, 3.05) is 27.2 Å². The molecule has 1 fully saturated rings. The summed E-state index contributed by atoms with van der Waals surface area (Å²) in [5.41, 5.74) is 0.781. The van der Waals surface area contributed by atoms with Gasteiger partial charge >= 0.3 is 12.1 Å². The Labute approximate surface area is 284 Å². The molecule has 5 rings (SSSR count). The van der Waals surface area contributed by atoms with Crippen LogP contribution in [0.1, 0.15) is 39.0 Å². The molecule has 3 atom stereocenters. The van der Waals surface area contributed by atoms with Crippen LogP contribution in [-0.2, 0) is 14.0 Å². The largest absolute Gasteiger partial charge is 0.471 e. The molecule has 3 heterocycles. The van der Waals surface area contributed by atoms with Gasteiger partial charge in [-0.3, -0.25) is 4.79 Å². The van der Waals surface area contributed by atoms with E-state index in [0.29, 0.717) is 16.6 Å². The van der Waals surface area contributed by atoms with E-state index >= 15 is 0 Å². The van der Waals surface area contributed by atoms with Crippen molar-refractivity contribution in [1.82, 2.24) is 24.8 Å². The maximum Gasteiger partial charge on any atom is 0.471 e. The van der Waals surface area contributed by atoms with E-state index in [9.17, 15) is 23.1 Å². The predicted octanol–water partition coefficient (Wildman–Crippen LogP) is 3.91. The van der Waals surface area contributed by atoms with Gasteiger partial charge in [-0.05, 0) is 15.4 Å².